The minimum atomic E-state index is -3.26. The Bertz CT molecular complexity index is 738. The molecule has 3 aliphatic heterocycles. The van der Waals surface area contributed by atoms with Crippen LogP contribution in [0.25, 0.3) is 0 Å². The summed E-state index contributed by atoms with van der Waals surface area (Å²) in [5.74, 6) is 1.60. The van der Waals surface area contributed by atoms with Crippen LogP contribution in [0.4, 0.5) is 11.8 Å². The average Bonchev–Trinajstić information content (AvgIpc) is 3.15. The maximum Gasteiger partial charge on any atom is 0.227 e. The van der Waals surface area contributed by atoms with E-state index in [-0.39, 0.29) is 5.75 Å². The summed E-state index contributed by atoms with van der Waals surface area (Å²) in [6, 6.07) is 0. The highest BCUT2D eigenvalue weighted by atomic mass is 32.2. The molecule has 4 rings (SSSR count). The molecule has 0 amide bonds. The average molecular weight is 366 g/mol. The molecule has 0 bridgehead atoms. The molecule has 4 heterocycles. The van der Waals surface area contributed by atoms with Crippen LogP contribution in [0.15, 0.2) is 4.90 Å². The van der Waals surface area contributed by atoms with Gasteiger partial charge in [-0.1, -0.05) is 6.92 Å². The van der Waals surface area contributed by atoms with E-state index in [1.165, 1.54) is 0 Å². The van der Waals surface area contributed by atoms with Gasteiger partial charge in [0.1, 0.15) is 4.90 Å². The zero-order valence-corrected chi connectivity index (χ0v) is 15.8. The number of nitrogens with zero attached hydrogens (tertiary/aromatic N) is 5. The van der Waals surface area contributed by atoms with E-state index in [1.807, 2.05) is 0 Å². The first-order chi connectivity index (χ1) is 12.1. The number of piperazine rings is 1. The van der Waals surface area contributed by atoms with Gasteiger partial charge in [-0.05, 0) is 32.2 Å². The van der Waals surface area contributed by atoms with Crippen molar-refractivity contribution in [3.63, 3.8) is 0 Å². The maximum atomic E-state index is 12.7. The Balaban J connectivity index is 1.73. The second kappa shape index (κ2) is 6.72. The van der Waals surface area contributed by atoms with Crippen LogP contribution in [-0.2, 0) is 16.3 Å². The van der Waals surface area contributed by atoms with Crippen molar-refractivity contribution in [1.82, 2.24) is 14.9 Å². The fraction of sp³-hybridized carbons (Fsp3) is 0.765. The summed E-state index contributed by atoms with van der Waals surface area (Å²) in [6.07, 6.45) is 3.60. The van der Waals surface area contributed by atoms with E-state index in [9.17, 15) is 8.42 Å². The van der Waals surface area contributed by atoms with Crippen LogP contribution in [0, 0.1) is 0 Å². The Morgan fingerprint density at radius 3 is 2.32 bits per heavy atom. The molecule has 1 aromatic heterocycles. The van der Waals surface area contributed by atoms with E-state index >= 15 is 0 Å². The number of fused-ring (bicyclic) bond motifs is 1. The van der Waals surface area contributed by atoms with Crippen molar-refractivity contribution in [3.8, 4) is 0 Å². The fourth-order valence-corrected chi connectivity index (χ4v) is 5.73. The van der Waals surface area contributed by atoms with Gasteiger partial charge in [0.05, 0.1) is 11.4 Å². The molecule has 1 aromatic rings. The van der Waals surface area contributed by atoms with Crippen LogP contribution >= 0.6 is 0 Å². The second-order valence-corrected chi connectivity index (χ2v) is 9.21. The van der Waals surface area contributed by atoms with Crippen LogP contribution in [0.2, 0.25) is 0 Å². The van der Waals surface area contributed by atoms with E-state index in [4.69, 9.17) is 9.97 Å². The Hall–Kier alpha value is -1.41. The van der Waals surface area contributed by atoms with Crippen molar-refractivity contribution < 1.29 is 8.42 Å². The molecule has 3 aliphatic rings. The molecule has 8 heteroatoms. The monoisotopic (exact) mass is 365 g/mol. The third-order valence-electron chi connectivity index (χ3n) is 5.55. The van der Waals surface area contributed by atoms with Crippen molar-refractivity contribution in [1.29, 1.82) is 0 Å². The van der Waals surface area contributed by atoms with Crippen LogP contribution in [-0.4, -0.2) is 74.9 Å². The molecule has 0 spiro atoms. The summed E-state index contributed by atoms with van der Waals surface area (Å²) < 4.78 is 25.4. The normalized spacial score (nSPS) is 23.7. The number of hydrogen-bond donors (Lipinski definition) is 0. The molecule has 0 radical (unpaired) electrons. The molecule has 2 saturated heterocycles. The number of sulfone groups is 1. The minimum absolute atomic E-state index is 0.221. The van der Waals surface area contributed by atoms with Crippen molar-refractivity contribution in [2.45, 2.75) is 37.5 Å². The Morgan fingerprint density at radius 2 is 1.64 bits per heavy atom. The van der Waals surface area contributed by atoms with Crippen molar-refractivity contribution in [2.24, 2.45) is 0 Å². The van der Waals surface area contributed by atoms with E-state index in [1.54, 1.807) is 0 Å². The fourth-order valence-electron chi connectivity index (χ4n) is 4.04. The van der Waals surface area contributed by atoms with Gasteiger partial charge in [-0.25, -0.2) is 13.4 Å². The van der Waals surface area contributed by atoms with Crippen molar-refractivity contribution in [3.05, 3.63) is 5.69 Å². The molecule has 0 atom stereocenters. The Morgan fingerprint density at radius 1 is 0.920 bits per heavy atom. The lowest BCUT2D eigenvalue weighted by atomic mass is 10.2. The predicted octanol–water partition coefficient (Wildman–Crippen LogP) is 0.939. The molecule has 25 heavy (non-hydrogen) atoms. The number of aromatic nitrogens is 2. The van der Waals surface area contributed by atoms with E-state index < -0.39 is 9.84 Å². The number of rotatable bonds is 3. The zero-order valence-electron chi connectivity index (χ0n) is 14.9. The first kappa shape index (κ1) is 17.0. The molecule has 2 fully saturated rings. The lowest BCUT2D eigenvalue weighted by Gasteiger charge is -2.35. The Labute approximate surface area is 150 Å². The van der Waals surface area contributed by atoms with E-state index in [0.29, 0.717) is 23.1 Å². The molecular weight excluding hydrogens is 338 g/mol. The topological polar surface area (TPSA) is 69.6 Å². The molecule has 0 unspecified atom stereocenters. The van der Waals surface area contributed by atoms with Crippen LogP contribution < -0.4 is 9.80 Å². The molecule has 0 saturated carbocycles. The number of anilines is 2. The number of hydrogen-bond acceptors (Lipinski definition) is 7. The summed E-state index contributed by atoms with van der Waals surface area (Å²) >= 11 is 0. The number of likely N-dealkylation sites (N-methyl/N-ethyl adjacent to an activating group) is 1. The van der Waals surface area contributed by atoms with Gasteiger partial charge in [0.15, 0.2) is 15.7 Å². The van der Waals surface area contributed by atoms with Gasteiger partial charge in [-0.3, -0.25) is 0 Å². The summed E-state index contributed by atoms with van der Waals surface area (Å²) in [5.41, 5.74) is 0.732. The van der Waals surface area contributed by atoms with Gasteiger partial charge >= 0.3 is 0 Å². The quantitative estimate of drug-likeness (QED) is 0.789. The predicted molar refractivity (Wildman–Crippen MR) is 98.2 cm³/mol. The van der Waals surface area contributed by atoms with Crippen LogP contribution in [0.5, 0.6) is 0 Å². The van der Waals surface area contributed by atoms with E-state index in [0.717, 1.165) is 70.8 Å². The van der Waals surface area contributed by atoms with Gasteiger partial charge in [0.25, 0.3) is 0 Å². The highest BCUT2D eigenvalue weighted by molar-refractivity contribution is 7.91. The largest absolute Gasteiger partial charge is 0.355 e. The summed E-state index contributed by atoms with van der Waals surface area (Å²) in [5, 5.41) is 0. The van der Waals surface area contributed by atoms with Crippen LogP contribution in [0.3, 0.4) is 0 Å². The Kier molecular flexibility index (Phi) is 4.58. The number of aryl methyl sites for hydroxylation is 1. The smallest absolute Gasteiger partial charge is 0.227 e. The highest BCUT2D eigenvalue weighted by Crippen LogP contribution is 2.35. The van der Waals surface area contributed by atoms with E-state index in [2.05, 4.69) is 21.6 Å². The molecular formula is C17H27N5O2S. The lowest BCUT2D eigenvalue weighted by Crippen LogP contribution is -2.47. The minimum Gasteiger partial charge on any atom is -0.355 e. The SMILES string of the molecule is CCN1CCN(c2nc3c(c(N4CCCC4)n2)S(=O)(=O)CCC3)CC1. The molecule has 0 N–H and O–H groups in total. The van der Waals surface area contributed by atoms with Gasteiger partial charge in [0, 0.05) is 39.3 Å². The highest BCUT2D eigenvalue weighted by Gasteiger charge is 2.34. The zero-order chi connectivity index (χ0) is 17.4. The molecule has 0 aliphatic carbocycles. The third-order valence-corrected chi connectivity index (χ3v) is 7.42. The van der Waals surface area contributed by atoms with Gasteiger partial charge in [-0.2, -0.15) is 4.98 Å². The standard InChI is InChI=1S/C17H27N5O2S/c1-2-20-9-11-22(12-10-20)17-18-14-6-5-13-25(23,24)15(14)16(19-17)21-7-3-4-8-21/h2-13H2,1H3. The lowest BCUT2D eigenvalue weighted by molar-refractivity contribution is 0.269. The van der Waals surface area contributed by atoms with Gasteiger partial charge in [0.2, 0.25) is 5.95 Å². The summed E-state index contributed by atoms with van der Waals surface area (Å²) in [4.78, 5) is 16.7. The first-order valence-electron chi connectivity index (χ1n) is 9.44. The second-order valence-electron chi connectivity index (χ2n) is 7.16. The molecule has 138 valence electrons. The van der Waals surface area contributed by atoms with Crippen molar-refractivity contribution >= 4 is 21.6 Å². The van der Waals surface area contributed by atoms with Gasteiger partial charge in [-0.15, -0.1) is 0 Å². The van der Waals surface area contributed by atoms with Crippen LogP contribution in [0.1, 0.15) is 31.9 Å². The first-order valence-corrected chi connectivity index (χ1v) is 11.1. The van der Waals surface area contributed by atoms with Gasteiger partial charge < -0.3 is 14.7 Å². The third kappa shape index (κ3) is 3.21. The summed E-state index contributed by atoms with van der Waals surface area (Å²) in [7, 11) is -3.26. The maximum absolute atomic E-state index is 12.7. The summed E-state index contributed by atoms with van der Waals surface area (Å²) in [6.45, 7) is 8.85. The van der Waals surface area contributed by atoms with Crippen molar-refractivity contribution in [2.75, 3.05) is 61.4 Å². The molecule has 7 nitrogen and oxygen atoms in total. The molecule has 0 aromatic carbocycles.